The van der Waals surface area contributed by atoms with Crippen LogP contribution in [-0.4, -0.2) is 30.6 Å². The van der Waals surface area contributed by atoms with Crippen LogP contribution in [0.2, 0.25) is 0 Å². The Bertz CT molecular complexity index is 533. The van der Waals surface area contributed by atoms with E-state index in [1.807, 2.05) is 11.8 Å². The van der Waals surface area contributed by atoms with E-state index in [1.165, 1.54) is 32.1 Å². The van der Waals surface area contributed by atoms with Gasteiger partial charge < -0.3 is 10.3 Å². The lowest BCUT2D eigenvalue weighted by molar-refractivity contribution is 0.422. The smallest absolute Gasteiger partial charge is 0.295 e. The molecule has 0 radical (unpaired) electrons. The summed E-state index contributed by atoms with van der Waals surface area (Å²) in [7, 11) is 0. The van der Waals surface area contributed by atoms with Gasteiger partial charge in [-0.25, -0.2) is 0 Å². The first kappa shape index (κ1) is 12.5. The van der Waals surface area contributed by atoms with Crippen molar-refractivity contribution in [2.75, 3.05) is 5.73 Å². The number of rotatable bonds is 4. The number of hydrogen-bond donors (Lipinski definition) is 2. The Balaban J connectivity index is 1.58. The predicted octanol–water partition coefficient (Wildman–Crippen LogP) is 2.00. The zero-order valence-corrected chi connectivity index (χ0v) is 11.3. The van der Waals surface area contributed by atoms with Crippen molar-refractivity contribution < 1.29 is 4.52 Å². The van der Waals surface area contributed by atoms with Crippen molar-refractivity contribution >= 4 is 17.7 Å². The zero-order chi connectivity index (χ0) is 13.1. The molecule has 0 atom stereocenters. The van der Waals surface area contributed by atoms with Crippen LogP contribution in [0.3, 0.4) is 0 Å². The summed E-state index contributed by atoms with van der Waals surface area (Å²) in [5.41, 5.74) is 5.43. The largest absolute Gasteiger partial charge is 0.366 e. The van der Waals surface area contributed by atoms with Crippen molar-refractivity contribution in [3.63, 3.8) is 0 Å². The lowest BCUT2D eigenvalue weighted by Crippen LogP contribution is -2.08. The minimum atomic E-state index is 0.173. The van der Waals surface area contributed by atoms with Gasteiger partial charge in [-0.05, 0) is 12.8 Å². The average Bonchev–Trinajstić information content (AvgIpc) is 3.06. The summed E-state index contributed by atoms with van der Waals surface area (Å²) >= 11 is 1.91. The van der Waals surface area contributed by atoms with Crippen LogP contribution in [0.15, 0.2) is 4.52 Å². The lowest BCUT2D eigenvalue weighted by atomic mass is 10.0. The maximum atomic E-state index is 5.43. The van der Waals surface area contributed by atoms with Crippen LogP contribution in [0.1, 0.15) is 37.9 Å². The van der Waals surface area contributed by atoms with E-state index in [4.69, 9.17) is 10.3 Å². The lowest BCUT2D eigenvalue weighted by Gasteiger charge is -2.19. The molecule has 3 N–H and O–H groups in total. The van der Waals surface area contributed by atoms with Gasteiger partial charge in [-0.3, -0.25) is 5.10 Å². The van der Waals surface area contributed by atoms with E-state index in [0.29, 0.717) is 17.5 Å². The van der Waals surface area contributed by atoms with Crippen molar-refractivity contribution in [2.24, 2.45) is 0 Å². The fraction of sp³-hybridized carbons (Fsp3) is 0.636. The van der Waals surface area contributed by atoms with Gasteiger partial charge in [-0.15, -0.1) is 5.10 Å². The molecule has 1 saturated carbocycles. The van der Waals surface area contributed by atoms with Gasteiger partial charge in [0.1, 0.15) is 0 Å². The summed E-state index contributed by atoms with van der Waals surface area (Å²) in [5, 5.41) is 11.1. The van der Waals surface area contributed by atoms with E-state index in [9.17, 15) is 0 Å². The number of nitrogen functional groups attached to an aromatic ring is 1. The molecule has 2 aromatic rings. The monoisotopic (exact) mass is 280 g/mol. The Morgan fingerprint density at radius 2 is 2.11 bits per heavy atom. The van der Waals surface area contributed by atoms with E-state index in [0.717, 1.165) is 11.0 Å². The first-order valence-electron chi connectivity index (χ1n) is 6.44. The van der Waals surface area contributed by atoms with Crippen molar-refractivity contribution in [1.82, 2.24) is 25.3 Å². The molecule has 19 heavy (non-hydrogen) atoms. The summed E-state index contributed by atoms with van der Waals surface area (Å²) < 4.78 is 5.14. The number of anilines is 1. The van der Waals surface area contributed by atoms with Gasteiger partial charge in [0.2, 0.25) is 11.8 Å². The van der Waals surface area contributed by atoms with E-state index in [2.05, 4.69) is 25.3 Å². The van der Waals surface area contributed by atoms with Crippen LogP contribution in [0.25, 0.3) is 11.7 Å². The number of nitrogens with one attached hydrogen (secondary N) is 1. The van der Waals surface area contributed by atoms with E-state index in [1.54, 1.807) is 0 Å². The van der Waals surface area contributed by atoms with Crippen LogP contribution >= 0.6 is 11.8 Å². The molecule has 102 valence electrons. The van der Waals surface area contributed by atoms with Gasteiger partial charge >= 0.3 is 0 Å². The number of nitrogens with zero attached hydrogens (tertiary/aromatic N) is 4. The molecular weight excluding hydrogens is 264 g/mol. The first-order chi connectivity index (χ1) is 9.31. The molecule has 0 aromatic carbocycles. The number of aromatic nitrogens is 5. The minimum Gasteiger partial charge on any atom is -0.366 e. The van der Waals surface area contributed by atoms with E-state index >= 15 is 0 Å². The SMILES string of the molecule is Nc1n[nH]c(-c2nc(CSC3CCCCC3)no2)n1. The Kier molecular flexibility index (Phi) is 3.67. The molecule has 3 rings (SSSR count). The summed E-state index contributed by atoms with van der Waals surface area (Å²) in [6, 6.07) is 0. The van der Waals surface area contributed by atoms with E-state index < -0.39 is 0 Å². The third-order valence-electron chi connectivity index (χ3n) is 3.17. The summed E-state index contributed by atoms with van der Waals surface area (Å²) in [4.78, 5) is 8.24. The zero-order valence-electron chi connectivity index (χ0n) is 10.5. The number of aromatic amines is 1. The van der Waals surface area contributed by atoms with E-state index in [-0.39, 0.29) is 5.95 Å². The molecule has 0 bridgehead atoms. The summed E-state index contributed by atoms with van der Waals surface area (Å²) in [6.07, 6.45) is 6.65. The van der Waals surface area contributed by atoms with Gasteiger partial charge in [-0.2, -0.15) is 21.7 Å². The highest BCUT2D eigenvalue weighted by molar-refractivity contribution is 7.99. The molecular formula is C11H16N6OS. The van der Waals surface area contributed by atoms with Crippen LogP contribution < -0.4 is 5.73 Å². The Hall–Kier alpha value is -1.57. The van der Waals surface area contributed by atoms with Crippen molar-refractivity contribution in [1.29, 1.82) is 0 Å². The normalized spacial score (nSPS) is 16.8. The summed E-state index contributed by atoms with van der Waals surface area (Å²) in [6.45, 7) is 0. The highest BCUT2D eigenvalue weighted by Crippen LogP contribution is 2.30. The molecule has 1 fully saturated rings. The third-order valence-corrected chi connectivity index (χ3v) is 4.54. The van der Waals surface area contributed by atoms with Gasteiger partial charge in [0.25, 0.3) is 5.89 Å². The second kappa shape index (κ2) is 5.60. The molecule has 8 heteroatoms. The first-order valence-corrected chi connectivity index (χ1v) is 7.48. The van der Waals surface area contributed by atoms with Crippen LogP contribution in [0.4, 0.5) is 5.95 Å². The molecule has 2 heterocycles. The Morgan fingerprint density at radius 1 is 1.26 bits per heavy atom. The van der Waals surface area contributed by atoms with Crippen LogP contribution in [0, 0.1) is 0 Å². The van der Waals surface area contributed by atoms with Crippen LogP contribution in [-0.2, 0) is 5.75 Å². The van der Waals surface area contributed by atoms with Gasteiger partial charge in [-0.1, -0.05) is 24.4 Å². The van der Waals surface area contributed by atoms with Crippen molar-refractivity contribution in [3.8, 4) is 11.7 Å². The summed E-state index contributed by atoms with van der Waals surface area (Å²) in [5.74, 6) is 2.40. The maximum Gasteiger partial charge on any atom is 0.295 e. The quantitative estimate of drug-likeness (QED) is 0.882. The molecule has 2 aromatic heterocycles. The predicted molar refractivity (Wildman–Crippen MR) is 72.3 cm³/mol. The third kappa shape index (κ3) is 3.06. The second-order valence-electron chi connectivity index (χ2n) is 4.63. The maximum absolute atomic E-state index is 5.43. The average molecular weight is 280 g/mol. The fourth-order valence-electron chi connectivity index (χ4n) is 2.20. The standard InChI is InChI=1S/C11H16N6OS/c12-11-14-9(15-16-11)10-13-8(17-18-10)6-19-7-4-2-1-3-5-7/h7H,1-6H2,(H3,12,14,15,16). The highest BCUT2D eigenvalue weighted by Gasteiger charge is 2.17. The number of thioether (sulfide) groups is 1. The van der Waals surface area contributed by atoms with Crippen molar-refractivity contribution in [2.45, 2.75) is 43.1 Å². The Morgan fingerprint density at radius 3 is 2.84 bits per heavy atom. The number of H-pyrrole nitrogens is 1. The number of nitrogens with two attached hydrogens (primary N) is 1. The molecule has 0 aliphatic heterocycles. The molecule has 1 aliphatic carbocycles. The molecule has 0 saturated heterocycles. The van der Waals surface area contributed by atoms with Gasteiger partial charge in [0.15, 0.2) is 5.82 Å². The fourth-order valence-corrected chi connectivity index (χ4v) is 3.37. The second-order valence-corrected chi connectivity index (χ2v) is 5.92. The number of hydrogen-bond acceptors (Lipinski definition) is 7. The molecule has 0 unspecified atom stereocenters. The Labute approximate surface area is 114 Å². The molecule has 0 spiro atoms. The van der Waals surface area contributed by atoms with Crippen LogP contribution in [0.5, 0.6) is 0 Å². The van der Waals surface area contributed by atoms with Crippen molar-refractivity contribution in [3.05, 3.63) is 5.82 Å². The minimum absolute atomic E-state index is 0.173. The van der Waals surface area contributed by atoms with Gasteiger partial charge in [0, 0.05) is 5.25 Å². The highest BCUT2D eigenvalue weighted by atomic mass is 32.2. The molecule has 7 nitrogen and oxygen atoms in total. The van der Waals surface area contributed by atoms with Gasteiger partial charge in [0.05, 0.1) is 5.75 Å². The topological polar surface area (TPSA) is 107 Å². The molecule has 1 aliphatic rings. The molecule has 0 amide bonds.